The van der Waals surface area contributed by atoms with Crippen LogP contribution >= 0.6 is 0 Å². The van der Waals surface area contributed by atoms with Crippen molar-refractivity contribution in [2.45, 2.75) is 38.4 Å². The van der Waals surface area contributed by atoms with Crippen molar-refractivity contribution in [2.24, 2.45) is 0 Å². The average Bonchev–Trinajstić information content (AvgIpc) is 1.83. The van der Waals surface area contributed by atoms with E-state index in [0.29, 0.717) is 0 Å². The number of hydrogen-bond acceptors (Lipinski definition) is 1. The molecule has 0 atom stereocenters. The molecule has 6 heteroatoms. The predicted octanol–water partition coefficient (Wildman–Crippen LogP) is 3.00. The topological polar surface area (TPSA) is 9.23 Å². The van der Waals surface area contributed by atoms with E-state index < -0.39 is 24.3 Å². The van der Waals surface area contributed by atoms with Gasteiger partial charge in [0, 0.05) is 6.92 Å². The highest BCUT2D eigenvalue weighted by molar-refractivity contribution is 4.77. The van der Waals surface area contributed by atoms with Gasteiger partial charge in [-0.05, 0) is 13.8 Å². The van der Waals surface area contributed by atoms with Crippen LogP contribution < -0.4 is 0 Å². The molecule has 0 aliphatic heterocycles. The lowest BCUT2D eigenvalue weighted by Crippen LogP contribution is -2.47. The molecule has 0 aliphatic rings. The van der Waals surface area contributed by atoms with Gasteiger partial charge in [0.15, 0.2) is 0 Å². The molecule has 0 aliphatic carbocycles. The van der Waals surface area contributed by atoms with Crippen LogP contribution in [0.5, 0.6) is 0 Å². The summed E-state index contributed by atoms with van der Waals surface area (Å²) < 4.78 is 65.0. The van der Waals surface area contributed by atoms with Gasteiger partial charge >= 0.3 is 12.0 Å². The maximum absolute atomic E-state index is 12.5. The normalized spacial score (nSPS) is 14.8. The zero-order valence-corrected chi connectivity index (χ0v) is 7.51. The molecule has 80 valence electrons. The van der Waals surface area contributed by atoms with Crippen molar-refractivity contribution < 1.29 is 26.7 Å². The van der Waals surface area contributed by atoms with Gasteiger partial charge in [-0.1, -0.05) is 0 Å². The summed E-state index contributed by atoms with van der Waals surface area (Å²) in [5, 5.41) is 0. The van der Waals surface area contributed by atoms with Gasteiger partial charge in [-0.3, -0.25) is 0 Å². The summed E-state index contributed by atoms with van der Waals surface area (Å²) in [7, 11) is 0. The third kappa shape index (κ3) is 3.46. The summed E-state index contributed by atoms with van der Waals surface area (Å²) in [6.07, 6.45) is -4.65. The highest BCUT2D eigenvalue weighted by Gasteiger charge is 2.56. The van der Waals surface area contributed by atoms with E-state index in [1.165, 1.54) is 0 Å². The van der Waals surface area contributed by atoms with Crippen molar-refractivity contribution in [2.75, 3.05) is 6.67 Å². The molecule has 0 rings (SSSR count). The molecule has 0 aromatic rings. The van der Waals surface area contributed by atoms with Gasteiger partial charge in [0.25, 0.3) is 0 Å². The number of rotatable bonds is 4. The van der Waals surface area contributed by atoms with E-state index in [4.69, 9.17) is 0 Å². The van der Waals surface area contributed by atoms with Crippen LogP contribution in [0.3, 0.4) is 0 Å². The highest BCUT2D eigenvalue weighted by Crippen LogP contribution is 2.37. The Morgan fingerprint density at radius 2 is 1.38 bits per heavy atom. The number of alkyl halides is 5. The van der Waals surface area contributed by atoms with Crippen LogP contribution in [-0.4, -0.2) is 24.3 Å². The molecule has 0 N–H and O–H groups in total. The van der Waals surface area contributed by atoms with Crippen LogP contribution in [0.15, 0.2) is 0 Å². The van der Waals surface area contributed by atoms with E-state index in [1.54, 1.807) is 0 Å². The Kier molecular flexibility index (Phi) is 3.30. The van der Waals surface area contributed by atoms with E-state index in [1.807, 2.05) is 0 Å². The summed E-state index contributed by atoms with van der Waals surface area (Å²) in [5.74, 6) is -4.32. The van der Waals surface area contributed by atoms with Gasteiger partial charge in [-0.2, -0.15) is 17.6 Å². The quantitative estimate of drug-likeness (QED) is 0.642. The molecular formula is C7H11F5O. The third-order valence-electron chi connectivity index (χ3n) is 1.24. The van der Waals surface area contributed by atoms with Gasteiger partial charge in [-0.25, -0.2) is 4.39 Å². The Morgan fingerprint density at radius 3 is 1.62 bits per heavy atom. The van der Waals surface area contributed by atoms with E-state index in [-0.39, 0.29) is 6.92 Å². The Labute approximate surface area is 72.9 Å². The number of hydrogen-bond donors (Lipinski definition) is 0. The summed E-state index contributed by atoms with van der Waals surface area (Å²) in [6, 6.07) is 0. The first-order chi connectivity index (χ1) is 5.52. The monoisotopic (exact) mass is 206 g/mol. The Bertz CT molecular complexity index is 172. The molecule has 0 amide bonds. The fourth-order valence-electron chi connectivity index (χ4n) is 0.464. The molecule has 0 aromatic carbocycles. The van der Waals surface area contributed by atoms with Crippen LogP contribution in [0.1, 0.15) is 20.8 Å². The lowest BCUT2D eigenvalue weighted by atomic mass is 10.1. The second kappa shape index (κ2) is 3.40. The van der Waals surface area contributed by atoms with Gasteiger partial charge in [0.05, 0.1) is 5.60 Å². The first-order valence-corrected chi connectivity index (χ1v) is 3.53. The largest absolute Gasteiger partial charge is 0.419 e. The maximum atomic E-state index is 12.5. The molecule has 0 fully saturated rings. The molecule has 0 heterocycles. The smallest absolute Gasteiger partial charge is 0.307 e. The van der Waals surface area contributed by atoms with Crippen LogP contribution in [-0.2, 0) is 4.74 Å². The molecular weight excluding hydrogens is 195 g/mol. The molecule has 0 aromatic heterocycles. The van der Waals surface area contributed by atoms with Crippen molar-refractivity contribution in [1.29, 1.82) is 0 Å². The second-order valence-corrected chi connectivity index (χ2v) is 3.40. The summed E-state index contributed by atoms with van der Waals surface area (Å²) in [5.41, 5.74) is -1.91. The minimum absolute atomic E-state index is 0.0152. The molecule has 0 spiro atoms. The fourth-order valence-corrected chi connectivity index (χ4v) is 0.464. The lowest BCUT2D eigenvalue weighted by Gasteiger charge is -2.30. The minimum atomic E-state index is -4.65. The standard InChI is InChI=1S/C7H11F5O/c1-5(2,4-8)13-7(11,12)6(3,9)10/h4H2,1-3H3. The fraction of sp³-hybridized carbons (Fsp3) is 1.00. The summed E-state index contributed by atoms with van der Waals surface area (Å²) in [6.45, 7) is 0.680. The minimum Gasteiger partial charge on any atom is -0.307 e. The van der Waals surface area contributed by atoms with Crippen LogP contribution in [0, 0.1) is 0 Å². The molecule has 1 nitrogen and oxygen atoms in total. The number of halogens is 5. The van der Waals surface area contributed by atoms with E-state index in [2.05, 4.69) is 4.74 Å². The van der Waals surface area contributed by atoms with E-state index in [9.17, 15) is 22.0 Å². The van der Waals surface area contributed by atoms with Crippen molar-refractivity contribution >= 4 is 0 Å². The average molecular weight is 206 g/mol. The van der Waals surface area contributed by atoms with Crippen molar-refractivity contribution in [3.05, 3.63) is 0 Å². The zero-order valence-electron chi connectivity index (χ0n) is 7.51. The molecule has 0 saturated carbocycles. The van der Waals surface area contributed by atoms with Gasteiger partial charge in [0.2, 0.25) is 0 Å². The first-order valence-electron chi connectivity index (χ1n) is 3.53. The molecule has 0 saturated heterocycles. The second-order valence-electron chi connectivity index (χ2n) is 3.40. The number of ether oxygens (including phenoxy) is 1. The Morgan fingerprint density at radius 1 is 1.00 bits per heavy atom. The van der Waals surface area contributed by atoms with Crippen LogP contribution in [0.25, 0.3) is 0 Å². The van der Waals surface area contributed by atoms with Crippen LogP contribution in [0.2, 0.25) is 0 Å². The maximum Gasteiger partial charge on any atom is 0.419 e. The van der Waals surface area contributed by atoms with E-state index in [0.717, 1.165) is 13.8 Å². The van der Waals surface area contributed by atoms with Crippen molar-refractivity contribution in [3.63, 3.8) is 0 Å². The summed E-state index contributed by atoms with van der Waals surface area (Å²) in [4.78, 5) is 0. The highest BCUT2D eigenvalue weighted by atomic mass is 19.3. The Hall–Kier alpha value is -0.390. The third-order valence-corrected chi connectivity index (χ3v) is 1.24. The zero-order chi connectivity index (χ0) is 10.9. The predicted molar refractivity (Wildman–Crippen MR) is 36.7 cm³/mol. The molecule has 0 bridgehead atoms. The van der Waals surface area contributed by atoms with Crippen molar-refractivity contribution in [3.8, 4) is 0 Å². The van der Waals surface area contributed by atoms with Crippen molar-refractivity contribution in [1.82, 2.24) is 0 Å². The Balaban J connectivity index is 4.52. The SMILES string of the molecule is CC(C)(CF)OC(F)(F)C(C)(F)F. The first kappa shape index (κ1) is 12.6. The summed E-state index contributed by atoms with van der Waals surface area (Å²) >= 11 is 0. The molecule has 0 radical (unpaired) electrons. The van der Waals surface area contributed by atoms with Gasteiger partial charge in [-0.15, -0.1) is 0 Å². The molecule has 0 unspecified atom stereocenters. The molecule has 13 heavy (non-hydrogen) atoms. The van der Waals surface area contributed by atoms with Crippen LogP contribution in [0.4, 0.5) is 22.0 Å². The lowest BCUT2D eigenvalue weighted by molar-refractivity contribution is -0.372. The van der Waals surface area contributed by atoms with Gasteiger partial charge < -0.3 is 4.74 Å². The van der Waals surface area contributed by atoms with E-state index >= 15 is 0 Å². The van der Waals surface area contributed by atoms with Gasteiger partial charge in [0.1, 0.15) is 6.67 Å².